The molecule has 2 aromatic heterocycles. The standard InChI is InChI=1S/C22H15F7N4O3/c1-9-12(6-30)3-11(18(24)25)5-15(9)36-16-17(22(28,29)21(26)27)31-8-33(20(16)35)7-13-4-14(23)19(34)32-10(13)2/h3-5,8,18,21H,7H2,1-2H3,(H,32,34). The van der Waals surface area contributed by atoms with Crippen LogP contribution in [0.5, 0.6) is 11.5 Å². The summed E-state index contributed by atoms with van der Waals surface area (Å²) in [6, 6.07) is 3.87. The van der Waals surface area contributed by atoms with E-state index in [1.165, 1.54) is 13.8 Å². The summed E-state index contributed by atoms with van der Waals surface area (Å²) < 4.78 is 101. The minimum atomic E-state index is -4.99. The zero-order valence-electron chi connectivity index (χ0n) is 18.4. The third-order valence-electron chi connectivity index (χ3n) is 5.19. The Morgan fingerprint density at radius 3 is 2.42 bits per heavy atom. The van der Waals surface area contributed by atoms with Crippen LogP contribution in [0.3, 0.4) is 0 Å². The van der Waals surface area contributed by atoms with Gasteiger partial charge in [-0.2, -0.15) is 14.0 Å². The Balaban J connectivity index is 2.24. The van der Waals surface area contributed by atoms with Crippen LogP contribution < -0.4 is 15.9 Å². The molecule has 3 rings (SSSR count). The number of nitrogens with zero attached hydrogens (tertiary/aromatic N) is 3. The van der Waals surface area contributed by atoms with Gasteiger partial charge in [0.15, 0.2) is 11.5 Å². The summed E-state index contributed by atoms with van der Waals surface area (Å²) in [5.41, 5.74) is -5.38. The lowest BCUT2D eigenvalue weighted by Crippen LogP contribution is -2.32. The monoisotopic (exact) mass is 516 g/mol. The second-order valence-electron chi connectivity index (χ2n) is 7.58. The Hall–Kier alpha value is -4.15. The van der Waals surface area contributed by atoms with Gasteiger partial charge in [-0.15, -0.1) is 0 Å². The van der Waals surface area contributed by atoms with Gasteiger partial charge in [0.2, 0.25) is 5.75 Å². The van der Waals surface area contributed by atoms with E-state index in [-0.39, 0.29) is 22.4 Å². The van der Waals surface area contributed by atoms with Crippen LogP contribution in [0.1, 0.15) is 40.1 Å². The summed E-state index contributed by atoms with van der Waals surface area (Å²) in [5.74, 6) is -8.25. The first-order chi connectivity index (χ1) is 16.8. The average molecular weight is 516 g/mol. The molecular formula is C22H15F7N4O3. The third-order valence-corrected chi connectivity index (χ3v) is 5.19. The number of alkyl halides is 6. The van der Waals surface area contributed by atoms with Gasteiger partial charge in [-0.25, -0.2) is 26.9 Å². The predicted molar refractivity (Wildman–Crippen MR) is 110 cm³/mol. The van der Waals surface area contributed by atoms with E-state index in [1.807, 2.05) is 0 Å². The number of pyridine rings is 1. The van der Waals surface area contributed by atoms with Gasteiger partial charge in [0.05, 0.1) is 24.5 Å². The first-order valence-electron chi connectivity index (χ1n) is 9.92. The fourth-order valence-corrected chi connectivity index (χ4v) is 3.17. The van der Waals surface area contributed by atoms with Gasteiger partial charge in [-0.05, 0) is 37.6 Å². The van der Waals surface area contributed by atoms with Crippen molar-refractivity contribution in [3.63, 3.8) is 0 Å². The highest BCUT2D eigenvalue weighted by Gasteiger charge is 2.48. The molecule has 0 amide bonds. The minimum absolute atomic E-state index is 0.0120. The number of aryl methyl sites for hydroxylation is 1. The molecule has 0 saturated carbocycles. The largest absolute Gasteiger partial charge is 0.449 e. The minimum Gasteiger partial charge on any atom is -0.449 e. The first-order valence-corrected chi connectivity index (χ1v) is 9.92. The number of rotatable bonds is 7. The number of nitrogens with one attached hydrogen (secondary N) is 1. The second kappa shape index (κ2) is 9.84. The molecule has 0 spiro atoms. The van der Waals surface area contributed by atoms with Crippen molar-refractivity contribution in [2.45, 2.75) is 39.2 Å². The molecule has 36 heavy (non-hydrogen) atoms. The van der Waals surface area contributed by atoms with Gasteiger partial charge in [0, 0.05) is 16.8 Å². The molecule has 1 N–H and O–H groups in total. The summed E-state index contributed by atoms with van der Waals surface area (Å²) in [5, 5.41) is 9.20. The SMILES string of the molecule is Cc1[nH]c(=O)c(F)cc1Cn1cnc(C(F)(F)C(F)F)c(Oc2cc(C(F)F)cc(C#N)c2C)c1=O. The molecule has 0 radical (unpaired) electrons. The summed E-state index contributed by atoms with van der Waals surface area (Å²) in [6.45, 7) is 2.01. The van der Waals surface area contributed by atoms with Gasteiger partial charge in [-0.3, -0.25) is 14.2 Å². The lowest BCUT2D eigenvalue weighted by Gasteiger charge is -2.20. The molecule has 0 aliphatic heterocycles. The van der Waals surface area contributed by atoms with E-state index in [2.05, 4.69) is 9.97 Å². The summed E-state index contributed by atoms with van der Waals surface area (Å²) in [4.78, 5) is 29.9. The van der Waals surface area contributed by atoms with Crippen LogP contribution in [0, 0.1) is 31.0 Å². The van der Waals surface area contributed by atoms with E-state index in [0.717, 1.165) is 12.1 Å². The molecular weight excluding hydrogens is 501 g/mol. The van der Waals surface area contributed by atoms with Crippen LogP contribution in [0.2, 0.25) is 0 Å². The van der Waals surface area contributed by atoms with Crippen molar-refractivity contribution in [1.82, 2.24) is 14.5 Å². The van der Waals surface area contributed by atoms with Crippen molar-refractivity contribution in [3.8, 4) is 17.6 Å². The number of ether oxygens (including phenoxy) is 1. The topological polar surface area (TPSA) is 101 Å². The van der Waals surface area contributed by atoms with Crippen molar-refractivity contribution < 1.29 is 35.5 Å². The van der Waals surface area contributed by atoms with Crippen molar-refractivity contribution in [3.05, 3.63) is 84.7 Å². The van der Waals surface area contributed by atoms with Crippen LogP contribution in [0.4, 0.5) is 30.7 Å². The highest BCUT2D eigenvalue weighted by molar-refractivity contribution is 5.51. The molecule has 190 valence electrons. The fourth-order valence-electron chi connectivity index (χ4n) is 3.17. The molecule has 0 bridgehead atoms. The fraction of sp³-hybridized carbons (Fsp3) is 0.273. The molecule has 0 saturated heterocycles. The number of aromatic nitrogens is 3. The van der Waals surface area contributed by atoms with Crippen LogP contribution in [0.25, 0.3) is 0 Å². The molecule has 7 nitrogen and oxygen atoms in total. The highest BCUT2D eigenvalue weighted by Crippen LogP contribution is 2.39. The number of hydrogen-bond acceptors (Lipinski definition) is 5. The van der Waals surface area contributed by atoms with Crippen molar-refractivity contribution in [1.29, 1.82) is 5.26 Å². The van der Waals surface area contributed by atoms with Crippen LogP contribution in [0.15, 0.2) is 34.1 Å². The smallest absolute Gasteiger partial charge is 0.352 e. The van der Waals surface area contributed by atoms with Crippen LogP contribution in [-0.2, 0) is 12.5 Å². The Labute approximate surface area is 197 Å². The molecule has 1 aromatic carbocycles. The van der Waals surface area contributed by atoms with E-state index in [1.54, 1.807) is 6.07 Å². The zero-order valence-corrected chi connectivity index (χ0v) is 18.4. The molecule has 3 aromatic rings. The molecule has 0 fully saturated rings. The average Bonchev–Trinajstić information content (AvgIpc) is 2.80. The van der Waals surface area contributed by atoms with E-state index in [9.17, 15) is 45.6 Å². The lowest BCUT2D eigenvalue weighted by atomic mass is 10.0. The highest BCUT2D eigenvalue weighted by atomic mass is 19.3. The molecule has 0 unspecified atom stereocenters. The van der Waals surface area contributed by atoms with Gasteiger partial charge < -0.3 is 9.72 Å². The van der Waals surface area contributed by atoms with Crippen molar-refractivity contribution in [2.75, 3.05) is 0 Å². The number of aromatic amines is 1. The van der Waals surface area contributed by atoms with Gasteiger partial charge in [-0.1, -0.05) is 0 Å². The number of halogens is 7. The third kappa shape index (κ3) is 4.95. The number of H-pyrrole nitrogens is 1. The van der Waals surface area contributed by atoms with Crippen molar-refractivity contribution in [2.24, 2.45) is 0 Å². The summed E-state index contributed by atoms with van der Waals surface area (Å²) in [6.07, 6.45) is -6.95. The Kier molecular flexibility index (Phi) is 7.23. The van der Waals surface area contributed by atoms with Gasteiger partial charge in [0.25, 0.3) is 17.5 Å². The number of nitriles is 1. The Morgan fingerprint density at radius 1 is 1.17 bits per heavy atom. The lowest BCUT2D eigenvalue weighted by molar-refractivity contribution is -0.139. The molecule has 2 heterocycles. The molecule has 0 aliphatic carbocycles. The van der Waals surface area contributed by atoms with E-state index in [0.29, 0.717) is 17.0 Å². The van der Waals surface area contributed by atoms with E-state index < -0.39 is 65.0 Å². The van der Waals surface area contributed by atoms with Gasteiger partial charge in [0.1, 0.15) is 5.75 Å². The number of benzene rings is 1. The maximum atomic E-state index is 14.3. The second-order valence-corrected chi connectivity index (χ2v) is 7.58. The molecule has 0 atom stereocenters. The normalized spacial score (nSPS) is 11.7. The quantitative estimate of drug-likeness (QED) is 0.459. The maximum Gasteiger partial charge on any atom is 0.352 e. The predicted octanol–water partition coefficient (Wildman–Crippen LogP) is 4.69. The number of hydrogen-bond donors (Lipinski definition) is 1. The summed E-state index contributed by atoms with van der Waals surface area (Å²) in [7, 11) is 0. The first kappa shape index (κ1) is 26.5. The van der Waals surface area contributed by atoms with Gasteiger partial charge >= 0.3 is 12.3 Å². The Morgan fingerprint density at radius 2 is 1.83 bits per heavy atom. The molecule has 14 heteroatoms. The Bertz CT molecular complexity index is 1480. The van der Waals surface area contributed by atoms with Crippen molar-refractivity contribution >= 4 is 0 Å². The summed E-state index contributed by atoms with van der Waals surface area (Å²) >= 11 is 0. The van der Waals surface area contributed by atoms with E-state index >= 15 is 0 Å². The maximum absolute atomic E-state index is 14.3. The van der Waals surface area contributed by atoms with Crippen LogP contribution in [-0.4, -0.2) is 21.0 Å². The van der Waals surface area contributed by atoms with Crippen LogP contribution >= 0.6 is 0 Å². The zero-order chi connectivity index (χ0) is 26.9. The van der Waals surface area contributed by atoms with E-state index in [4.69, 9.17) is 4.74 Å². The molecule has 0 aliphatic rings.